The molecule has 1 aliphatic rings. The predicted octanol–water partition coefficient (Wildman–Crippen LogP) is 3.69. The number of rotatable bonds is 3. The van der Waals surface area contributed by atoms with E-state index in [-0.39, 0.29) is 23.4 Å². The van der Waals surface area contributed by atoms with Gasteiger partial charge in [0.15, 0.2) is 5.78 Å². The fraction of sp³-hybridized carbons (Fsp3) is 0.263. The van der Waals surface area contributed by atoms with E-state index in [0.29, 0.717) is 12.8 Å². The number of carbonyl (C=O) groups is 2. The van der Waals surface area contributed by atoms with Gasteiger partial charge in [-0.1, -0.05) is 12.1 Å². The quantitative estimate of drug-likeness (QED) is 0.939. The van der Waals surface area contributed by atoms with Crippen LogP contribution in [0.15, 0.2) is 36.4 Å². The Morgan fingerprint density at radius 1 is 1.30 bits per heavy atom. The van der Waals surface area contributed by atoms with E-state index in [1.54, 1.807) is 18.2 Å². The molecule has 0 saturated heterocycles. The van der Waals surface area contributed by atoms with Gasteiger partial charge in [0, 0.05) is 24.1 Å². The number of nitrogens with one attached hydrogen (secondary N) is 1. The molecular formula is C19H18FNO2. The summed E-state index contributed by atoms with van der Waals surface area (Å²) in [4.78, 5) is 23.8. The Balaban J connectivity index is 1.86. The van der Waals surface area contributed by atoms with Crippen molar-refractivity contribution in [2.24, 2.45) is 5.92 Å². The van der Waals surface area contributed by atoms with Gasteiger partial charge in [0.1, 0.15) is 5.82 Å². The molecule has 118 valence electrons. The molecule has 3 nitrogen and oxygen atoms in total. The maximum Gasteiger partial charge on any atom is 0.221 e. The molecule has 0 radical (unpaired) electrons. The van der Waals surface area contributed by atoms with E-state index in [4.69, 9.17) is 0 Å². The maximum absolute atomic E-state index is 13.3. The van der Waals surface area contributed by atoms with Crippen LogP contribution in [0.4, 0.5) is 10.1 Å². The Morgan fingerprint density at radius 2 is 2.09 bits per heavy atom. The van der Waals surface area contributed by atoms with Gasteiger partial charge in [-0.15, -0.1) is 0 Å². The first-order chi connectivity index (χ1) is 11.0. The second kappa shape index (κ2) is 5.95. The second-order valence-corrected chi connectivity index (χ2v) is 6.04. The van der Waals surface area contributed by atoms with Crippen LogP contribution in [0.2, 0.25) is 0 Å². The Labute approximate surface area is 134 Å². The molecule has 1 N–H and O–H groups in total. The zero-order chi connectivity index (χ0) is 16.6. The lowest BCUT2D eigenvalue weighted by Gasteiger charge is -2.10. The largest absolute Gasteiger partial charge is 0.326 e. The fourth-order valence-electron chi connectivity index (χ4n) is 3.25. The van der Waals surface area contributed by atoms with E-state index in [9.17, 15) is 14.0 Å². The van der Waals surface area contributed by atoms with Crippen LogP contribution in [-0.4, -0.2) is 11.7 Å². The molecule has 3 rings (SSSR count). The Hall–Kier alpha value is -2.49. The van der Waals surface area contributed by atoms with Crippen molar-refractivity contribution in [3.63, 3.8) is 0 Å². The number of carbonyl (C=O) groups excluding carboxylic acids is 2. The molecule has 0 fully saturated rings. The van der Waals surface area contributed by atoms with E-state index >= 15 is 0 Å². The average molecular weight is 311 g/mol. The minimum Gasteiger partial charge on any atom is -0.326 e. The number of amides is 1. The standard InChI is InChI=1S/C19H18FNO2/c1-11-17-10-14(8-13-4-3-5-15(20)9-13)19(23)16(17)6-7-18(11)21-12(2)22/h3-7,9,14H,8,10H2,1-2H3,(H,21,22). The molecule has 1 atom stereocenters. The van der Waals surface area contributed by atoms with Gasteiger partial charge in [0.25, 0.3) is 0 Å². The third-order valence-corrected chi connectivity index (χ3v) is 4.37. The molecule has 23 heavy (non-hydrogen) atoms. The summed E-state index contributed by atoms with van der Waals surface area (Å²) in [6, 6.07) is 9.94. The highest BCUT2D eigenvalue weighted by Gasteiger charge is 2.32. The predicted molar refractivity (Wildman–Crippen MR) is 87.1 cm³/mol. The number of hydrogen-bond donors (Lipinski definition) is 1. The summed E-state index contributed by atoms with van der Waals surface area (Å²) in [7, 11) is 0. The normalized spacial score (nSPS) is 16.3. The Morgan fingerprint density at radius 3 is 2.78 bits per heavy atom. The van der Waals surface area contributed by atoms with Gasteiger partial charge in [-0.25, -0.2) is 4.39 Å². The second-order valence-electron chi connectivity index (χ2n) is 6.04. The number of anilines is 1. The lowest BCUT2D eigenvalue weighted by atomic mass is 9.95. The molecule has 1 unspecified atom stereocenters. The topological polar surface area (TPSA) is 46.2 Å². The van der Waals surface area contributed by atoms with E-state index in [2.05, 4.69) is 5.32 Å². The van der Waals surface area contributed by atoms with Gasteiger partial charge in [-0.3, -0.25) is 9.59 Å². The number of benzene rings is 2. The van der Waals surface area contributed by atoms with Crippen LogP contribution < -0.4 is 5.32 Å². The first-order valence-corrected chi connectivity index (χ1v) is 7.64. The van der Waals surface area contributed by atoms with Crippen LogP contribution in [0.25, 0.3) is 0 Å². The van der Waals surface area contributed by atoms with Gasteiger partial charge in [-0.2, -0.15) is 0 Å². The highest BCUT2D eigenvalue weighted by atomic mass is 19.1. The summed E-state index contributed by atoms with van der Waals surface area (Å²) >= 11 is 0. The summed E-state index contributed by atoms with van der Waals surface area (Å²) in [5.74, 6) is -0.483. The molecule has 1 aliphatic carbocycles. The zero-order valence-corrected chi connectivity index (χ0v) is 13.2. The van der Waals surface area contributed by atoms with Crippen molar-refractivity contribution in [1.82, 2.24) is 0 Å². The molecule has 2 aromatic rings. The summed E-state index contributed by atoms with van der Waals surface area (Å²) in [6.07, 6.45) is 1.16. The minimum atomic E-state index is -0.283. The van der Waals surface area contributed by atoms with Crippen LogP contribution in [0, 0.1) is 18.7 Å². The van der Waals surface area contributed by atoms with Crippen LogP contribution in [0.3, 0.4) is 0 Å². The highest BCUT2D eigenvalue weighted by Crippen LogP contribution is 2.34. The molecule has 0 aromatic heterocycles. The first-order valence-electron chi connectivity index (χ1n) is 7.64. The number of Topliss-reactive ketones (excluding diaryl/α,β-unsaturated/α-hetero) is 1. The van der Waals surface area contributed by atoms with E-state index in [0.717, 1.165) is 27.9 Å². The van der Waals surface area contributed by atoms with Crippen molar-refractivity contribution in [2.75, 3.05) is 5.32 Å². The third-order valence-electron chi connectivity index (χ3n) is 4.37. The molecule has 0 aliphatic heterocycles. The summed E-state index contributed by atoms with van der Waals surface area (Å²) in [5.41, 5.74) is 4.22. The lowest BCUT2D eigenvalue weighted by Crippen LogP contribution is -2.12. The molecule has 4 heteroatoms. The van der Waals surface area contributed by atoms with Crippen molar-refractivity contribution in [3.05, 3.63) is 64.5 Å². The number of fused-ring (bicyclic) bond motifs is 1. The first kappa shape index (κ1) is 15.4. The van der Waals surface area contributed by atoms with Crippen LogP contribution in [0.5, 0.6) is 0 Å². The molecule has 0 heterocycles. The van der Waals surface area contributed by atoms with Gasteiger partial charge in [-0.05, 0) is 60.7 Å². The fourth-order valence-corrected chi connectivity index (χ4v) is 3.25. The maximum atomic E-state index is 13.3. The summed E-state index contributed by atoms with van der Waals surface area (Å²) < 4.78 is 13.3. The average Bonchev–Trinajstić information content (AvgIpc) is 2.79. The minimum absolute atomic E-state index is 0.0988. The lowest BCUT2D eigenvalue weighted by molar-refractivity contribution is -0.114. The van der Waals surface area contributed by atoms with Crippen molar-refractivity contribution < 1.29 is 14.0 Å². The number of ketones is 1. The third kappa shape index (κ3) is 3.02. The smallest absolute Gasteiger partial charge is 0.221 e. The van der Waals surface area contributed by atoms with Crippen molar-refractivity contribution in [3.8, 4) is 0 Å². The molecular weight excluding hydrogens is 293 g/mol. The number of hydrogen-bond acceptors (Lipinski definition) is 2. The highest BCUT2D eigenvalue weighted by molar-refractivity contribution is 6.04. The Kier molecular flexibility index (Phi) is 3.99. The van der Waals surface area contributed by atoms with Crippen molar-refractivity contribution in [2.45, 2.75) is 26.7 Å². The van der Waals surface area contributed by atoms with E-state index in [1.165, 1.54) is 19.1 Å². The van der Waals surface area contributed by atoms with Gasteiger partial charge in [0.05, 0.1) is 0 Å². The van der Waals surface area contributed by atoms with Crippen LogP contribution in [0.1, 0.15) is 34.0 Å². The van der Waals surface area contributed by atoms with Gasteiger partial charge in [0.2, 0.25) is 5.91 Å². The summed E-state index contributed by atoms with van der Waals surface area (Å²) in [5, 5.41) is 2.79. The van der Waals surface area contributed by atoms with Crippen molar-refractivity contribution in [1.29, 1.82) is 0 Å². The SMILES string of the molecule is CC(=O)Nc1ccc2c(c1C)CC(Cc1cccc(F)c1)C2=O. The van der Waals surface area contributed by atoms with E-state index in [1.807, 2.05) is 13.0 Å². The Bertz CT molecular complexity index is 798. The monoisotopic (exact) mass is 311 g/mol. The van der Waals surface area contributed by atoms with Gasteiger partial charge >= 0.3 is 0 Å². The van der Waals surface area contributed by atoms with Crippen molar-refractivity contribution >= 4 is 17.4 Å². The molecule has 0 saturated carbocycles. The molecule has 0 spiro atoms. The van der Waals surface area contributed by atoms with Crippen LogP contribution in [-0.2, 0) is 17.6 Å². The van der Waals surface area contributed by atoms with Gasteiger partial charge < -0.3 is 5.32 Å². The van der Waals surface area contributed by atoms with Crippen LogP contribution >= 0.6 is 0 Å². The molecule has 0 bridgehead atoms. The van der Waals surface area contributed by atoms with E-state index < -0.39 is 0 Å². The molecule has 1 amide bonds. The molecule has 2 aromatic carbocycles. The number of halogens is 1. The summed E-state index contributed by atoms with van der Waals surface area (Å²) in [6.45, 7) is 3.38. The zero-order valence-electron chi connectivity index (χ0n) is 13.2.